The van der Waals surface area contributed by atoms with E-state index in [2.05, 4.69) is 5.09 Å². The second-order valence-electron chi connectivity index (χ2n) is 5.15. The van der Waals surface area contributed by atoms with Gasteiger partial charge in [0.1, 0.15) is 6.04 Å². The molecular weight excluding hydrogens is 309 g/mol. The topological polar surface area (TPSA) is 124 Å². The van der Waals surface area contributed by atoms with Crippen LogP contribution in [0.3, 0.4) is 0 Å². The number of carboxylic acid groups (broad SMARTS) is 2. The molecule has 7 nitrogen and oxygen atoms in total. The van der Waals surface area contributed by atoms with Crippen molar-refractivity contribution in [1.82, 2.24) is 5.09 Å². The zero-order chi connectivity index (χ0) is 16.8. The van der Waals surface area contributed by atoms with E-state index in [1.54, 1.807) is 6.92 Å². The third-order valence-corrected chi connectivity index (χ3v) is 4.95. The molecule has 1 aromatic rings. The monoisotopic (exact) mass is 329 g/mol. The summed E-state index contributed by atoms with van der Waals surface area (Å²) in [6.45, 7) is 1.77. The number of hydrogen-bond donors (Lipinski definition) is 4. The van der Waals surface area contributed by atoms with Gasteiger partial charge in [0.25, 0.3) is 7.52 Å². The van der Waals surface area contributed by atoms with E-state index in [0.717, 1.165) is 5.56 Å². The van der Waals surface area contributed by atoms with E-state index in [4.69, 9.17) is 10.2 Å². The van der Waals surface area contributed by atoms with Crippen LogP contribution in [0, 0.1) is 0 Å². The lowest BCUT2D eigenvalue weighted by Gasteiger charge is -2.21. The molecule has 8 heteroatoms. The molecule has 122 valence electrons. The minimum Gasteiger partial charge on any atom is -0.481 e. The minimum atomic E-state index is -3.91. The summed E-state index contributed by atoms with van der Waals surface area (Å²) < 4.78 is 12.2. The van der Waals surface area contributed by atoms with Crippen molar-refractivity contribution in [3.05, 3.63) is 35.9 Å². The van der Waals surface area contributed by atoms with Gasteiger partial charge in [-0.25, -0.2) is 5.09 Å². The van der Waals surface area contributed by atoms with Crippen LogP contribution in [0.15, 0.2) is 30.3 Å². The van der Waals surface area contributed by atoms with E-state index in [0.29, 0.717) is 0 Å². The molecule has 1 aromatic carbocycles. The summed E-state index contributed by atoms with van der Waals surface area (Å²) in [6, 6.07) is 7.74. The zero-order valence-corrected chi connectivity index (χ0v) is 13.1. The van der Waals surface area contributed by atoms with Gasteiger partial charge < -0.3 is 15.1 Å². The number of hydrogen-bond acceptors (Lipinski definition) is 3. The summed E-state index contributed by atoms with van der Waals surface area (Å²) in [4.78, 5) is 31.5. The lowest BCUT2D eigenvalue weighted by Crippen LogP contribution is -2.36. The fourth-order valence-electron chi connectivity index (χ4n) is 2.07. The molecule has 0 aliphatic heterocycles. The maximum atomic E-state index is 12.2. The van der Waals surface area contributed by atoms with Gasteiger partial charge in [0, 0.05) is 12.6 Å². The van der Waals surface area contributed by atoms with Crippen LogP contribution in [0.5, 0.6) is 0 Å². The van der Waals surface area contributed by atoms with Gasteiger partial charge in [0.15, 0.2) is 0 Å². The van der Waals surface area contributed by atoms with E-state index in [1.807, 2.05) is 30.3 Å². The maximum absolute atomic E-state index is 12.2. The fourth-order valence-corrected chi connectivity index (χ4v) is 3.85. The van der Waals surface area contributed by atoms with Crippen molar-refractivity contribution in [3.8, 4) is 0 Å². The predicted octanol–water partition coefficient (Wildman–Crippen LogP) is 1.88. The normalized spacial score (nSPS) is 16.5. The molecule has 0 aromatic heterocycles. The SMILES string of the molecule is CC(CP(=O)(O)NC(CCC(=O)O)C(=O)O)c1ccccc1. The molecular formula is C14H20NO6P. The Hall–Kier alpha value is -1.69. The molecule has 0 fully saturated rings. The maximum Gasteiger partial charge on any atom is 0.321 e. The van der Waals surface area contributed by atoms with Crippen molar-refractivity contribution in [3.63, 3.8) is 0 Å². The number of aliphatic carboxylic acids is 2. The first kappa shape index (κ1) is 18.4. The van der Waals surface area contributed by atoms with Crippen molar-refractivity contribution in [2.75, 3.05) is 6.16 Å². The van der Waals surface area contributed by atoms with E-state index in [1.165, 1.54) is 0 Å². The number of nitrogens with one attached hydrogen (secondary N) is 1. The van der Waals surface area contributed by atoms with E-state index < -0.39 is 31.9 Å². The molecule has 0 bridgehead atoms. The summed E-state index contributed by atoms with van der Waals surface area (Å²) >= 11 is 0. The number of carbonyl (C=O) groups is 2. The third kappa shape index (κ3) is 6.39. The number of benzene rings is 1. The Kier molecular flexibility index (Phi) is 6.74. The Bertz CT molecular complexity index is 562. The molecule has 22 heavy (non-hydrogen) atoms. The van der Waals surface area contributed by atoms with Crippen LogP contribution in [-0.2, 0) is 14.2 Å². The highest BCUT2D eigenvalue weighted by Gasteiger charge is 2.29. The first-order valence-electron chi connectivity index (χ1n) is 6.80. The van der Waals surface area contributed by atoms with Gasteiger partial charge in [-0.1, -0.05) is 37.3 Å². The van der Waals surface area contributed by atoms with Gasteiger partial charge in [0.05, 0.1) is 0 Å². The molecule has 0 saturated heterocycles. The molecule has 0 radical (unpaired) electrons. The van der Waals surface area contributed by atoms with Crippen molar-refractivity contribution in [2.45, 2.75) is 31.7 Å². The van der Waals surface area contributed by atoms with Crippen LogP contribution in [0.25, 0.3) is 0 Å². The molecule has 0 heterocycles. The first-order chi connectivity index (χ1) is 10.2. The van der Waals surface area contributed by atoms with E-state index in [9.17, 15) is 19.0 Å². The summed E-state index contributed by atoms with van der Waals surface area (Å²) in [5.41, 5.74) is 0.871. The minimum absolute atomic E-state index is 0.131. The van der Waals surface area contributed by atoms with Crippen LogP contribution in [-0.4, -0.2) is 39.2 Å². The van der Waals surface area contributed by atoms with Crippen LogP contribution >= 0.6 is 7.52 Å². The number of rotatable bonds is 9. The molecule has 0 saturated carbocycles. The largest absolute Gasteiger partial charge is 0.481 e. The smallest absolute Gasteiger partial charge is 0.321 e. The highest BCUT2D eigenvalue weighted by Crippen LogP contribution is 2.41. The molecule has 4 N–H and O–H groups in total. The molecule has 1 rings (SSSR count). The highest BCUT2D eigenvalue weighted by atomic mass is 31.2. The lowest BCUT2D eigenvalue weighted by atomic mass is 10.0. The Labute approximate surface area is 128 Å². The average molecular weight is 329 g/mol. The molecule has 3 unspecified atom stereocenters. The van der Waals surface area contributed by atoms with E-state index in [-0.39, 0.29) is 18.5 Å². The first-order valence-corrected chi connectivity index (χ1v) is 8.65. The number of carboxylic acids is 2. The Morgan fingerprint density at radius 3 is 2.32 bits per heavy atom. The van der Waals surface area contributed by atoms with Gasteiger partial charge in [-0.05, 0) is 17.9 Å². The average Bonchev–Trinajstić information content (AvgIpc) is 2.43. The fraction of sp³-hybridized carbons (Fsp3) is 0.429. The molecule has 3 atom stereocenters. The zero-order valence-electron chi connectivity index (χ0n) is 12.2. The quantitative estimate of drug-likeness (QED) is 0.510. The summed E-state index contributed by atoms with van der Waals surface area (Å²) in [5, 5.41) is 19.8. The van der Waals surface area contributed by atoms with Gasteiger partial charge in [-0.3, -0.25) is 14.2 Å². The van der Waals surface area contributed by atoms with Crippen molar-refractivity contribution < 1.29 is 29.3 Å². The lowest BCUT2D eigenvalue weighted by molar-refractivity contribution is -0.140. The van der Waals surface area contributed by atoms with Crippen molar-refractivity contribution >= 4 is 19.5 Å². The van der Waals surface area contributed by atoms with Crippen molar-refractivity contribution in [1.29, 1.82) is 0 Å². The van der Waals surface area contributed by atoms with E-state index >= 15 is 0 Å². The molecule has 0 aliphatic rings. The molecule has 0 amide bonds. The van der Waals surface area contributed by atoms with Crippen LogP contribution < -0.4 is 5.09 Å². The van der Waals surface area contributed by atoms with Crippen molar-refractivity contribution in [2.24, 2.45) is 0 Å². The summed E-state index contributed by atoms with van der Waals surface area (Å²) in [6.07, 6.45) is -0.777. The Morgan fingerprint density at radius 2 is 1.82 bits per heavy atom. The van der Waals surface area contributed by atoms with Gasteiger partial charge in [0.2, 0.25) is 0 Å². The summed E-state index contributed by atoms with van der Waals surface area (Å²) in [5.74, 6) is -2.74. The van der Waals surface area contributed by atoms with Gasteiger partial charge in [-0.2, -0.15) is 0 Å². The second-order valence-corrected chi connectivity index (χ2v) is 7.17. The standard InChI is InChI=1S/C14H20NO6P/c1-10(11-5-3-2-4-6-11)9-22(20,21)15-12(14(18)19)7-8-13(16)17/h2-6,10,12H,7-9H2,1H3,(H,16,17)(H,18,19)(H2,15,20,21). The molecule has 0 spiro atoms. The van der Waals surface area contributed by atoms with Crippen LogP contribution in [0.4, 0.5) is 0 Å². The Balaban J connectivity index is 2.69. The third-order valence-electron chi connectivity index (χ3n) is 3.19. The molecule has 0 aliphatic carbocycles. The van der Waals surface area contributed by atoms with Gasteiger partial charge in [-0.15, -0.1) is 0 Å². The van der Waals surface area contributed by atoms with Crippen LogP contribution in [0.2, 0.25) is 0 Å². The highest BCUT2D eigenvalue weighted by molar-refractivity contribution is 7.55. The Morgan fingerprint density at radius 1 is 1.23 bits per heavy atom. The van der Waals surface area contributed by atoms with Gasteiger partial charge >= 0.3 is 11.9 Å². The predicted molar refractivity (Wildman–Crippen MR) is 81.0 cm³/mol. The second kappa shape index (κ2) is 8.08. The summed E-state index contributed by atoms with van der Waals surface area (Å²) in [7, 11) is -3.91. The van der Waals surface area contributed by atoms with Crippen LogP contribution in [0.1, 0.15) is 31.2 Å².